The summed E-state index contributed by atoms with van der Waals surface area (Å²) in [5.74, 6) is 1.88. The zero-order valence-corrected chi connectivity index (χ0v) is 20.4. The zero-order chi connectivity index (χ0) is 22.8. The van der Waals surface area contributed by atoms with E-state index in [1.807, 2.05) is 18.2 Å². The third-order valence-electron chi connectivity index (χ3n) is 5.77. The van der Waals surface area contributed by atoms with Crippen LogP contribution in [0.4, 0.5) is 0 Å². The van der Waals surface area contributed by atoms with E-state index in [-0.39, 0.29) is 11.0 Å². The van der Waals surface area contributed by atoms with E-state index in [1.54, 1.807) is 11.8 Å². The highest BCUT2D eigenvalue weighted by Crippen LogP contribution is 2.46. The zero-order valence-electron chi connectivity index (χ0n) is 18.7. The first-order valence-corrected chi connectivity index (χ1v) is 13.7. The third kappa shape index (κ3) is 7.19. The number of para-hydroxylation sites is 1. The van der Waals surface area contributed by atoms with E-state index in [2.05, 4.69) is 37.3 Å². The molecule has 3 rings (SSSR count). The van der Waals surface area contributed by atoms with Crippen LogP contribution in [0.1, 0.15) is 66.9 Å². The van der Waals surface area contributed by atoms with Gasteiger partial charge in [-0.25, -0.2) is 0 Å². The largest absolute Gasteiger partial charge is 0.488 e. The number of carboxylic acid groups (broad SMARTS) is 1. The predicted molar refractivity (Wildman–Crippen MR) is 135 cm³/mol. The molecule has 0 radical (unpaired) electrons. The van der Waals surface area contributed by atoms with Crippen molar-refractivity contribution in [2.24, 2.45) is 0 Å². The average Bonchev–Trinajstić information content (AvgIpc) is 3.33. The predicted octanol–water partition coefficient (Wildman–Crippen LogP) is 6.29. The fourth-order valence-electron chi connectivity index (χ4n) is 4.26. The molecule has 1 fully saturated rings. The Morgan fingerprint density at radius 2 is 1.88 bits per heavy atom. The van der Waals surface area contributed by atoms with Crippen LogP contribution >= 0.6 is 23.5 Å². The number of hydrogen-bond acceptors (Lipinski definition) is 5. The monoisotopic (exact) mass is 474 g/mol. The van der Waals surface area contributed by atoms with Crippen LogP contribution in [0.25, 0.3) is 0 Å². The van der Waals surface area contributed by atoms with Crippen LogP contribution in [0.15, 0.2) is 48.5 Å². The number of benzene rings is 2. The van der Waals surface area contributed by atoms with Gasteiger partial charge in [0, 0.05) is 11.3 Å². The second kappa shape index (κ2) is 13.2. The lowest BCUT2D eigenvalue weighted by molar-refractivity contribution is -0.133. The van der Waals surface area contributed by atoms with Crippen LogP contribution in [0.5, 0.6) is 5.75 Å². The molecule has 0 saturated heterocycles. The molecule has 2 aromatic rings. The average molecular weight is 475 g/mol. The van der Waals surface area contributed by atoms with Crippen molar-refractivity contribution in [3.63, 3.8) is 0 Å². The molecule has 1 aliphatic rings. The quantitative estimate of drug-likeness (QED) is 0.356. The van der Waals surface area contributed by atoms with Gasteiger partial charge in [-0.15, -0.1) is 11.8 Å². The van der Waals surface area contributed by atoms with Crippen molar-refractivity contribution in [3.8, 4) is 5.75 Å². The second-order valence-corrected chi connectivity index (χ2v) is 10.6. The number of carboxylic acids is 1. The summed E-state index contributed by atoms with van der Waals surface area (Å²) in [6.45, 7) is 2.63. The molecule has 2 unspecified atom stereocenters. The summed E-state index contributed by atoms with van der Waals surface area (Å²) in [7, 11) is 0. The summed E-state index contributed by atoms with van der Waals surface area (Å²) in [5.41, 5.74) is 3.41. The van der Waals surface area contributed by atoms with E-state index in [1.165, 1.54) is 43.0 Å². The van der Waals surface area contributed by atoms with Gasteiger partial charge in [-0.05, 0) is 42.1 Å². The highest BCUT2D eigenvalue weighted by molar-refractivity contribution is 8.00. The SMILES string of the molecule is CCCSC(c1cccc(C2CCCC2)c1OCc1ccccc1)C(O)CSCC(=O)O. The van der Waals surface area contributed by atoms with Gasteiger partial charge in [-0.2, -0.15) is 11.8 Å². The maximum absolute atomic E-state index is 11.1. The lowest BCUT2D eigenvalue weighted by Crippen LogP contribution is -2.21. The summed E-state index contributed by atoms with van der Waals surface area (Å²) >= 11 is 3.01. The number of aliphatic carboxylic acids is 1. The Morgan fingerprint density at radius 3 is 2.56 bits per heavy atom. The van der Waals surface area contributed by atoms with E-state index in [0.717, 1.165) is 29.1 Å². The van der Waals surface area contributed by atoms with Crippen LogP contribution in [0.2, 0.25) is 0 Å². The molecule has 0 bridgehead atoms. The normalized spacial score (nSPS) is 16.1. The summed E-state index contributed by atoms with van der Waals surface area (Å²) in [6, 6.07) is 16.5. The van der Waals surface area contributed by atoms with Crippen molar-refractivity contribution in [2.75, 3.05) is 17.3 Å². The molecule has 1 aliphatic carbocycles. The van der Waals surface area contributed by atoms with Gasteiger partial charge in [-0.1, -0.05) is 68.3 Å². The number of ether oxygens (including phenoxy) is 1. The van der Waals surface area contributed by atoms with Gasteiger partial charge in [0.15, 0.2) is 0 Å². The molecule has 32 heavy (non-hydrogen) atoms. The molecule has 0 aromatic heterocycles. The molecule has 0 amide bonds. The van der Waals surface area contributed by atoms with Crippen LogP contribution < -0.4 is 4.74 Å². The molecule has 2 N–H and O–H groups in total. The minimum Gasteiger partial charge on any atom is -0.488 e. The third-order valence-corrected chi connectivity index (χ3v) is 8.37. The van der Waals surface area contributed by atoms with Gasteiger partial charge in [0.25, 0.3) is 0 Å². The van der Waals surface area contributed by atoms with E-state index in [0.29, 0.717) is 18.3 Å². The van der Waals surface area contributed by atoms with Gasteiger partial charge in [0.1, 0.15) is 12.4 Å². The molecule has 0 spiro atoms. The van der Waals surface area contributed by atoms with E-state index in [4.69, 9.17) is 9.84 Å². The molecule has 174 valence electrons. The van der Waals surface area contributed by atoms with Gasteiger partial charge in [-0.3, -0.25) is 4.79 Å². The van der Waals surface area contributed by atoms with E-state index in [9.17, 15) is 9.90 Å². The van der Waals surface area contributed by atoms with Gasteiger partial charge in [0.05, 0.1) is 17.1 Å². The number of aliphatic hydroxyl groups excluding tert-OH is 1. The first-order chi connectivity index (χ1) is 15.6. The van der Waals surface area contributed by atoms with Gasteiger partial charge < -0.3 is 14.9 Å². The van der Waals surface area contributed by atoms with Crippen molar-refractivity contribution in [3.05, 3.63) is 65.2 Å². The highest BCUT2D eigenvalue weighted by atomic mass is 32.2. The summed E-state index contributed by atoms with van der Waals surface area (Å²) in [6.07, 6.45) is 5.21. The fourth-order valence-corrected chi connectivity index (χ4v) is 6.28. The van der Waals surface area contributed by atoms with Crippen molar-refractivity contribution < 1.29 is 19.7 Å². The summed E-state index contributed by atoms with van der Waals surface area (Å²) in [4.78, 5) is 10.9. The maximum atomic E-state index is 11.1. The molecular weight excluding hydrogens is 440 g/mol. The van der Waals surface area contributed by atoms with Crippen molar-refractivity contribution >= 4 is 29.5 Å². The lowest BCUT2D eigenvalue weighted by atomic mass is 9.93. The highest BCUT2D eigenvalue weighted by Gasteiger charge is 2.29. The van der Waals surface area contributed by atoms with Crippen molar-refractivity contribution in [1.29, 1.82) is 0 Å². The van der Waals surface area contributed by atoms with Crippen molar-refractivity contribution in [1.82, 2.24) is 0 Å². The number of hydrogen-bond donors (Lipinski definition) is 2. The first kappa shape index (κ1) is 25.0. The van der Waals surface area contributed by atoms with Crippen molar-refractivity contribution in [2.45, 2.75) is 62.9 Å². The molecule has 6 heteroatoms. The number of rotatable bonds is 13. The molecule has 2 atom stereocenters. The molecule has 4 nitrogen and oxygen atoms in total. The summed E-state index contributed by atoms with van der Waals surface area (Å²) < 4.78 is 6.50. The molecule has 0 heterocycles. The lowest BCUT2D eigenvalue weighted by Gasteiger charge is -2.27. The minimum atomic E-state index is -0.852. The molecule has 1 saturated carbocycles. The van der Waals surface area contributed by atoms with Crippen LogP contribution in [-0.4, -0.2) is 39.5 Å². The fraction of sp³-hybridized carbons (Fsp3) is 0.500. The topological polar surface area (TPSA) is 66.8 Å². The van der Waals surface area contributed by atoms with Crippen LogP contribution in [-0.2, 0) is 11.4 Å². The number of thioether (sulfide) groups is 2. The van der Waals surface area contributed by atoms with E-state index < -0.39 is 12.1 Å². The Labute approximate surface area is 200 Å². The minimum absolute atomic E-state index is 0.00169. The van der Waals surface area contributed by atoms with E-state index >= 15 is 0 Å². The Kier molecular flexibility index (Phi) is 10.3. The summed E-state index contributed by atoms with van der Waals surface area (Å²) in [5, 5.41) is 19.9. The second-order valence-electron chi connectivity index (χ2n) is 8.29. The Bertz CT molecular complexity index is 837. The van der Waals surface area contributed by atoms with Gasteiger partial charge in [0.2, 0.25) is 0 Å². The smallest absolute Gasteiger partial charge is 0.313 e. The Hall–Kier alpha value is -1.63. The number of aliphatic hydroxyl groups is 1. The van der Waals surface area contributed by atoms with Crippen LogP contribution in [0.3, 0.4) is 0 Å². The van der Waals surface area contributed by atoms with Gasteiger partial charge >= 0.3 is 5.97 Å². The standard InChI is InChI=1S/C26H34O4S2/c1-2-15-32-26(23(27)17-31-18-24(28)29)22-14-8-13-21(20-11-6-7-12-20)25(22)30-16-19-9-4-3-5-10-19/h3-5,8-10,13-14,20,23,26-27H,2,6-7,11-12,15-18H2,1H3,(H,28,29). The maximum Gasteiger partial charge on any atom is 0.313 e. The molecular formula is C26H34O4S2. The molecule has 0 aliphatic heterocycles. The Balaban J connectivity index is 1.90. The number of carbonyl (C=O) groups is 1. The Morgan fingerprint density at radius 1 is 1.12 bits per heavy atom. The van der Waals surface area contributed by atoms with Crippen LogP contribution in [0, 0.1) is 0 Å². The molecule has 2 aromatic carbocycles. The first-order valence-electron chi connectivity index (χ1n) is 11.5.